The number of hydrogen-bond donors (Lipinski definition) is 1. The highest BCUT2D eigenvalue weighted by Gasteiger charge is 2.14. The lowest BCUT2D eigenvalue weighted by Crippen LogP contribution is -2.40. The average Bonchev–Trinajstić information content (AvgIpc) is 3.22. The van der Waals surface area contributed by atoms with E-state index in [0.29, 0.717) is 11.3 Å². The predicted octanol–water partition coefficient (Wildman–Crippen LogP) is 2.52. The molecule has 0 aliphatic heterocycles. The molecule has 5 nitrogen and oxygen atoms in total. The highest BCUT2D eigenvalue weighted by molar-refractivity contribution is 7.13. The number of pyridine rings is 2. The minimum Gasteiger partial charge on any atom is -0.422 e. The SMILES string of the molecule is O[C-](c1c[s+][c-](-c2cccnc2)n1)[n+]1ccc2cccn[c-]21. The molecule has 0 spiro atoms. The van der Waals surface area contributed by atoms with E-state index in [-0.39, 0.29) is 6.23 Å². The lowest BCUT2D eigenvalue weighted by atomic mass is 10.3. The summed E-state index contributed by atoms with van der Waals surface area (Å²) in [5, 5.41) is 14.1. The molecule has 0 aliphatic rings. The van der Waals surface area contributed by atoms with E-state index in [9.17, 15) is 5.11 Å². The Kier molecular flexibility index (Phi) is 3.10. The summed E-state index contributed by atoms with van der Waals surface area (Å²) in [7, 11) is 0. The molecular formula is C16H11N4OS-. The minimum atomic E-state index is 0.0695. The van der Waals surface area contributed by atoms with Gasteiger partial charge in [-0.3, -0.25) is 4.98 Å². The number of hydrogen-bond acceptors (Lipinski definition) is 4. The standard InChI is InChI=1S/C16H11N4OS/c21-16(20-8-5-11-3-2-7-18-14(11)20)13-10-22-15(19-13)12-4-1-6-17-9-12/h1-10,21H/q-1. The van der Waals surface area contributed by atoms with Crippen LogP contribution in [0.2, 0.25) is 0 Å². The van der Waals surface area contributed by atoms with E-state index in [2.05, 4.69) is 15.0 Å². The van der Waals surface area contributed by atoms with Gasteiger partial charge in [0.2, 0.25) is 5.01 Å². The molecule has 0 amide bonds. The minimum absolute atomic E-state index is 0.0695. The molecule has 4 rings (SSSR count). The first-order chi connectivity index (χ1) is 10.8. The molecule has 0 saturated carbocycles. The second-order valence-electron chi connectivity index (χ2n) is 4.71. The molecule has 0 atom stereocenters. The predicted molar refractivity (Wildman–Crippen MR) is 82.6 cm³/mol. The van der Waals surface area contributed by atoms with Gasteiger partial charge in [-0.15, -0.1) is 17.1 Å². The van der Waals surface area contributed by atoms with Crippen LogP contribution < -0.4 is 4.57 Å². The molecule has 0 fully saturated rings. The van der Waals surface area contributed by atoms with Crippen LogP contribution in [-0.4, -0.2) is 20.1 Å². The third-order valence-corrected chi connectivity index (χ3v) is 4.21. The van der Waals surface area contributed by atoms with Gasteiger partial charge in [-0.2, -0.15) is 0 Å². The topological polar surface area (TPSA) is 62.8 Å². The van der Waals surface area contributed by atoms with Crippen molar-refractivity contribution in [2.24, 2.45) is 0 Å². The lowest BCUT2D eigenvalue weighted by molar-refractivity contribution is -0.654. The van der Waals surface area contributed by atoms with Crippen molar-refractivity contribution in [3.63, 3.8) is 0 Å². The summed E-state index contributed by atoms with van der Waals surface area (Å²) in [5.41, 5.74) is 2.16. The second kappa shape index (κ2) is 5.25. The van der Waals surface area contributed by atoms with Gasteiger partial charge in [-0.05, 0) is 23.2 Å². The quantitative estimate of drug-likeness (QED) is 0.359. The monoisotopic (exact) mass is 307 g/mol. The first-order valence-corrected chi connectivity index (χ1v) is 7.55. The van der Waals surface area contributed by atoms with Gasteiger partial charge in [0.05, 0.1) is 6.23 Å². The number of fused-ring (bicyclic) bond motifs is 1. The summed E-state index contributed by atoms with van der Waals surface area (Å²) < 4.78 is 1.64. The van der Waals surface area contributed by atoms with Crippen LogP contribution in [0.25, 0.3) is 21.6 Å². The Morgan fingerprint density at radius 3 is 2.95 bits per heavy atom. The van der Waals surface area contributed by atoms with Gasteiger partial charge in [0.25, 0.3) is 0 Å². The van der Waals surface area contributed by atoms with E-state index >= 15 is 0 Å². The van der Waals surface area contributed by atoms with E-state index in [1.165, 1.54) is 11.3 Å². The van der Waals surface area contributed by atoms with Crippen LogP contribution in [0.1, 0.15) is 5.69 Å². The van der Waals surface area contributed by atoms with Crippen LogP contribution in [0.5, 0.6) is 0 Å². The highest BCUT2D eigenvalue weighted by Crippen LogP contribution is 2.25. The Balaban J connectivity index is 1.72. The molecule has 4 aromatic rings. The third kappa shape index (κ3) is 2.14. The zero-order valence-corrected chi connectivity index (χ0v) is 12.2. The number of aliphatic hydroxyl groups is 1. The number of rotatable bonds is 3. The van der Waals surface area contributed by atoms with Crippen molar-refractivity contribution < 1.29 is 9.67 Å². The van der Waals surface area contributed by atoms with Crippen LogP contribution in [0, 0.1) is 6.23 Å². The van der Waals surface area contributed by atoms with Crippen molar-refractivity contribution in [2.45, 2.75) is 0 Å². The number of aromatic nitrogens is 4. The van der Waals surface area contributed by atoms with Gasteiger partial charge in [-0.25, -0.2) is 0 Å². The molecule has 108 valence electrons. The van der Waals surface area contributed by atoms with Crippen LogP contribution in [0.4, 0.5) is 0 Å². The molecule has 1 N–H and O–H groups in total. The Bertz CT molecular complexity index is 916. The summed E-state index contributed by atoms with van der Waals surface area (Å²) in [4.78, 5) is 12.9. The zero-order valence-electron chi connectivity index (χ0n) is 11.4. The van der Waals surface area contributed by atoms with Crippen LogP contribution in [0.15, 0.2) is 60.5 Å². The van der Waals surface area contributed by atoms with Gasteiger partial charge in [0.1, 0.15) is 11.6 Å². The molecule has 4 heterocycles. The lowest BCUT2D eigenvalue weighted by Gasteiger charge is -2.18. The van der Waals surface area contributed by atoms with Gasteiger partial charge in [-0.1, -0.05) is 18.3 Å². The Morgan fingerprint density at radius 2 is 2.09 bits per heavy atom. The first-order valence-electron chi connectivity index (χ1n) is 6.67. The van der Waals surface area contributed by atoms with E-state index in [1.807, 2.05) is 35.7 Å². The normalized spacial score (nSPS) is 11.0. The maximum absolute atomic E-state index is 10.5. The van der Waals surface area contributed by atoms with Crippen molar-refractivity contribution in [1.82, 2.24) is 15.0 Å². The fourth-order valence-corrected chi connectivity index (χ4v) is 3.05. The molecule has 6 heteroatoms. The summed E-state index contributed by atoms with van der Waals surface area (Å²) in [6.45, 7) is 0. The van der Waals surface area contributed by atoms with E-state index < -0.39 is 0 Å². The fraction of sp³-hybridized carbons (Fsp3) is 0. The van der Waals surface area contributed by atoms with Crippen molar-refractivity contribution in [3.8, 4) is 10.6 Å². The Hall–Kier alpha value is -2.70. The van der Waals surface area contributed by atoms with Crippen LogP contribution in [-0.2, 0) is 0 Å². The van der Waals surface area contributed by atoms with Gasteiger partial charge < -0.3 is 14.7 Å². The molecule has 0 aromatic carbocycles. The average molecular weight is 307 g/mol. The molecule has 0 saturated heterocycles. The largest absolute Gasteiger partial charge is 0.422 e. The van der Waals surface area contributed by atoms with Crippen molar-refractivity contribution in [3.05, 3.63) is 72.4 Å². The van der Waals surface area contributed by atoms with E-state index in [1.54, 1.807) is 29.4 Å². The Labute approximate surface area is 130 Å². The number of thiazole rings is 1. The van der Waals surface area contributed by atoms with Crippen molar-refractivity contribution in [1.29, 1.82) is 0 Å². The maximum atomic E-state index is 10.5. The van der Waals surface area contributed by atoms with Crippen LogP contribution >= 0.6 is 11.3 Å². The second-order valence-corrected chi connectivity index (χ2v) is 5.56. The molecule has 0 unspecified atom stereocenters. The van der Waals surface area contributed by atoms with Crippen molar-refractivity contribution >= 4 is 22.4 Å². The smallest absolute Gasteiger partial charge is 0.249 e. The van der Waals surface area contributed by atoms with Gasteiger partial charge >= 0.3 is 0 Å². The van der Waals surface area contributed by atoms with E-state index in [4.69, 9.17) is 0 Å². The fourth-order valence-electron chi connectivity index (χ4n) is 2.26. The molecule has 0 bridgehead atoms. The molecule has 0 aliphatic carbocycles. The van der Waals surface area contributed by atoms with E-state index in [0.717, 1.165) is 16.0 Å². The number of aliphatic hydroxyl groups excluding tert-OH is 1. The number of nitrogens with zero attached hydrogens (tertiary/aromatic N) is 4. The molecular weight excluding hydrogens is 296 g/mol. The Morgan fingerprint density at radius 1 is 1.18 bits per heavy atom. The highest BCUT2D eigenvalue weighted by atomic mass is 32.1. The molecule has 22 heavy (non-hydrogen) atoms. The third-order valence-electron chi connectivity index (χ3n) is 3.32. The van der Waals surface area contributed by atoms with Crippen LogP contribution in [0.3, 0.4) is 0 Å². The summed E-state index contributed by atoms with van der Waals surface area (Å²) in [6.07, 6.45) is 7.04. The molecule has 4 aromatic heterocycles. The van der Waals surface area contributed by atoms with Gasteiger partial charge in [0, 0.05) is 11.9 Å². The maximum Gasteiger partial charge on any atom is 0.249 e. The van der Waals surface area contributed by atoms with Gasteiger partial charge in [0.15, 0.2) is 17.0 Å². The molecule has 0 radical (unpaired) electrons. The summed E-state index contributed by atoms with van der Waals surface area (Å²) >= 11 is 1.47. The first kappa shape index (κ1) is 13.0. The zero-order chi connectivity index (χ0) is 14.9. The summed E-state index contributed by atoms with van der Waals surface area (Å²) in [5.74, 6) is 0. The van der Waals surface area contributed by atoms with Crippen molar-refractivity contribution in [2.75, 3.05) is 0 Å². The summed E-state index contributed by atoms with van der Waals surface area (Å²) in [6, 6.07) is 9.54.